The maximum atomic E-state index is 11.8. The van der Waals surface area contributed by atoms with Gasteiger partial charge in [-0.05, 0) is 25.5 Å². The van der Waals surface area contributed by atoms with Gasteiger partial charge in [-0.1, -0.05) is 25.1 Å². The number of amides is 2. The fourth-order valence-corrected chi connectivity index (χ4v) is 1.69. The zero-order valence-electron chi connectivity index (χ0n) is 10.6. The molecule has 18 heavy (non-hydrogen) atoms. The van der Waals surface area contributed by atoms with Crippen LogP contribution in [0.1, 0.15) is 20.3 Å². The van der Waals surface area contributed by atoms with Crippen molar-refractivity contribution in [1.82, 2.24) is 10.3 Å². The van der Waals surface area contributed by atoms with Crippen molar-refractivity contribution < 1.29 is 4.79 Å². The van der Waals surface area contributed by atoms with Crippen molar-refractivity contribution in [3.8, 4) is 0 Å². The highest BCUT2D eigenvalue weighted by molar-refractivity contribution is 5.99. The Balaban J connectivity index is 2.19. The fourth-order valence-electron chi connectivity index (χ4n) is 1.69. The second-order valence-electron chi connectivity index (χ2n) is 4.29. The van der Waals surface area contributed by atoms with E-state index in [1.165, 1.54) is 0 Å². The number of carbonyl (C=O) groups is 1. The number of aromatic nitrogens is 1. The molecule has 4 heteroatoms. The van der Waals surface area contributed by atoms with Crippen LogP contribution in [0.25, 0.3) is 10.9 Å². The third kappa shape index (κ3) is 2.77. The highest BCUT2D eigenvalue weighted by Crippen LogP contribution is 2.20. The number of para-hydroxylation sites is 1. The van der Waals surface area contributed by atoms with Gasteiger partial charge in [0.1, 0.15) is 0 Å². The molecule has 2 amide bonds. The maximum absolute atomic E-state index is 11.8. The van der Waals surface area contributed by atoms with Crippen molar-refractivity contribution in [1.29, 1.82) is 0 Å². The third-order valence-electron chi connectivity index (χ3n) is 2.87. The van der Waals surface area contributed by atoms with Gasteiger partial charge in [-0.3, -0.25) is 4.98 Å². The van der Waals surface area contributed by atoms with Crippen molar-refractivity contribution in [2.45, 2.75) is 26.3 Å². The number of urea groups is 1. The molecule has 4 nitrogen and oxygen atoms in total. The van der Waals surface area contributed by atoms with Crippen LogP contribution in [0.3, 0.4) is 0 Å². The lowest BCUT2D eigenvalue weighted by Gasteiger charge is -2.13. The summed E-state index contributed by atoms with van der Waals surface area (Å²) < 4.78 is 0. The van der Waals surface area contributed by atoms with Crippen molar-refractivity contribution in [2.24, 2.45) is 0 Å². The Labute approximate surface area is 106 Å². The maximum Gasteiger partial charge on any atom is 0.319 e. The molecule has 1 heterocycles. The molecule has 0 bridgehead atoms. The van der Waals surface area contributed by atoms with E-state index in [1.807, 2.05) is 44.2 Å². The van der Waals surface area contributed by atoms with E-state index in [0.717, 1.165) is 23.0 Å². The van der Waals surface area contributed by atoms with Crippen LogP contribution < -0.4 is 10.6 Å². The van der Waals surface area contributed by atoms with Gasteiger partial charge in [0, 0.05) is 17.6 Å². The largest absolute Gasteiger partial charge is 0.335 e. The van der Waals surface area contributed by atoms with Gasteiger partial charge < -0.3 is 10.6 Å². The molecular weight excluding hydrogens is 226 g/mol. The van der Waals surface area contributed by atoms with Gasteiger partial charge >= 0.3 is 6.03 Å². The molecule has 1 unspecified atom stereocenters. The Kier molecular flexibility index (Phi) is 3.77. The van der Waals surface area contributed by atoms with E-state index in [2.05, 4.69) is 15.6 Å². The molecule has 0 saturated carbocycles. The van der Waals surface area contributed by atoms with Crippen LogP contribution in [-0.4, -0.2) is 17.1 Å². The second-order valence-corrected chi connectivity index (χ2v) is 4.29. The zero-order valence-corrected chi connectivity index (χ0v) is 10.6. The molecule has 0 aliphatic carbocycles. The first-order valence-electron chi connectivity index (χ1n) is 6.12. The monoisotopic (exact) mass is 243 g/mol. The molecule has 0 spiro atoms. The predicted molar refractivity (Wildman–Crippen MR) is 73.7 cm³/mol. The third-order valence-corrected chi connectivity index (χ3v) is 2.87. The van der Waals surface area contributed by atoms with Crippen LogP contribution >= 0.6 is 0 Å². The first-order chi connectivity index (χ1) is 8.70. The van der Waals surface area contributed by atoms with Crippen LogP contribution in [-0.2, 0) is 0 Å². The number of pyridine rings is 1. The Morgan fingerprint density at radius 3 is 2.89 bits per heavy atom. The summed E-state index contributed by atoms with van der Waals surface area (Å²) in [4.78, 5) is 16.1. The minimum Gasteiger partial charge on any atom is -0.335 e. The van der Waals surface area contributed by atoms with E-state index in [4.69, 9.17) is 0 Å². The number of nitrogens with zero attached hydrogens (tertiary/aromatic N) is 1. The summed E-state index contributed by atoms with van der Waals surface area (Å²) in [7, 11) is 0. The van der Waals surface area contributed by atoms with Crippen LogP contribution in [0.5, 0.6) is 0 Å². The molecule has 94 valence electrons. The minimum atomic E-state index is -0.192. The Hall–Kier alpha value is -2.10. The molecule has 2 aromatic rings. The quantitative estimate of drug-likeness (QED) is 0.870. The highest BCUT2D eigenvalue weighted by Gasteiger charge is 2.07. The standard InChI is InChI=1S/C14H17N3O/c1-3-10(2)16-14(18)17-12-8-4-6-11-7-5-9-15-13(11)12/h4-10H,3H2,1-2H3,(H2,16,17,18). The molecule has 2 rings (SSSR count). The average molecular weight is 243 g/mol. The Bertz CT molecular complexity index is 548. The number of rotatable bonds is 3. The number of benzene rings is 1. The number of hydrogen-bond donors (Lipinski definition) is 2. The molecule has 1 atom stereocenters. The molecule has 0 fully saturated rings. The molecule has 0 aliphatic heterocycles. The van der Waals surface area contributed by atoms with Crippen LogP contribution in [0, 0.1) is 0 Å². The summed E-state index contributed by atoms with van der Waals surface area (Å²) in [6.45, 7) is 4.01. The van der Waals surface area contributed by atoms with Crippen molar-refractivity contribution in [2.75, 3.05) is 5.32 Å². The van der Waals surface area contributed by atoms with Crippen molar-refractivity contribution >= 4 is 22.6 Å². The van der Waals surface area contributed by atoms with Gasteiger partial charge in [0.05, 0.1) is 11.2 Å². The molecular formula is C14H17N3O. The second kappa shape index (κ2) is 5.49. The molecule has 0 saturated heterocycles. The molecule has 1 aromatic heterocycles. The first-order valence-corrected chi connectivity index (χ1v) is 6.12. The molecule has 1 aromatic carbocycles. The highest BCUT2D eigenvalue weighted by atomic mass is 16.2. The van der Waals surface area contributed by atoms with Gasteiger partial charge in [0.15, 0.2) is 0 Å². The number of anilines is 1. The van der Waals surface area contributed by atoms with Gasteiger partial charge in [-0.25, -0.2) is 4.79 Å². The van der Waals surface area contributed by atoms with Gasteiger partial charge in [0.2, 0.25) is 0 Å². The van der Waals surface area contributed by atoms with Gasteiger partial charge in [-0.15, -0.1) is 0 Å². The SMILES string of the molecule is CCC(C)NC(=O)Nc1cccc2cccnc12. The summed E-state index contributed by atoms with van der Waals surface area (Å²) in [6, 6.07) is 9.55. The number of nitrogens with one attached hydrogen (secondary N) is 2. The van der Waals surface area contributed by atoms with Crippen LogP contribution in [0.4, 0.5) is 10.5 Å². The summed E-state index contributed by atoms with van der Waals surface area (Å²) in [6.07, 6.45) is 2.63. The normalized spacial score (nSPS) is 12.1. The van der Waals surface area contributed by atoms with Crippen LogP contribution in [0.15, 0.2) is 36.5 Å². The average Bonchev–Trinajstić information content (AvgIpc) is 2.39. The minimum absolute atomic E-state index is 0.160. The number of hydrogen-bond acceptors (Lipinski definition) is 2. The van der Waals surface area contributed by atoms with E-state index in [9.17, 15) is 4.79 Å². The van der Waals surface area contributed by atoms with Crippen molar-refractivity contribution in [3.05, 3.63) is 36.5 Å². The molecule has 0 aliphatic rings. The van der Waals surface area contributed by atoms with Crippen LogP contribution in [0.2, 0.25) is 0 Å². The smallest absolute Gasteiger partial charge is 0.319 e. The van der Waals surface area contributed by atoms with Crippen molar-refractivity contribution in [3.63, 3.8) is 0 Å². The van der Waals surface area contributed by atoms with Gasteiger partial charge in [0.25, 0.3) is 0 Å². The number of fused-ring (bicyclic) bond motifs is 1. The Morgan fingerprint density at radius 1 is 1.33 bits per heavy atom. The molecule has 2 N–H and O–H groups in total. The lowest BCUT2D eigenvalue weighted by molar-refractivity contribution is 0.249. The molecule has 0 radical (unpaired) electrons. The zero-order chi connectivity index (χ0) is 13.0. The summed E-state index contributed by atoms with van der Waals surface area (Å²) in [5, 5.41) is 6.72. The predicted octanol–water partition coefficient (Wildman–Crippen LogP) is 3.15. The lowest BCUT2D eigenvalue weighted by atomic mass is 10.2. The fraction of sp³-hybridized carbons (Fsp3) is 0.286. The lowest BCUT2D eigenvalue weighted by Crippen LogP contribution is -2.35. The summed E-state index contributed by atoms with van der Waals surface area (Å²) in [5.41, 5.74) is 1.54. The van der Waals surface area contributed by atoms with E-state index in [0.29, 0.717) is 0 Å². The first kappa shape index (κ1) is 12.4. The Morgan fingerprint density at radius 2 is 2.11 bits per heavy atom. The number of carbonyl (C=O) groups excluding carboxylic acids is 1. The topological polar surface area (TPSA) is 54.0 Å². The van der Waals surface area contributed by atoms with E-state index in [1.54, 1.807) is 6.20 Å². The van der Waals surface area contributed by atoms with E-state index >= 15 is 0 Å². The van der Waals surface area contributed by atoms with Gasteiger partial charge in [-0.2, -0.15) is 0 Å². The summed E-state index contributed by atoms with van der Waals surface area (Å²) >= 11 is 0. The van der Waals surface area contributed by atoms with E-state index < -0.39 is 0 Å². The van der Waals surface area contributed by atoms with E-state index in [-0.39, 0.29) is 12.1 Å². The summed E-state index contributed by atoms with van der Waals surface area (Å²) in [5.74, 6) is 0.